The fourth-order valence-corrected chi connectivity index (χ4v) is 20.5. The van der Waals surface area contributed by atoms with E-state index in [1.54, 1.807) is 0 Å². The molecule has 2 aliphatic heterocycles. The van der Waals surface area contributed by atoms with Gasteiger partial charge >= 0.3 is 0 Å². The fraction of sp³-hybridized carbons (Fsp3) is 0. The highest BCUT2D eigenvalue weighted by Gasteiger charge is 2.51. The molecule has 0 atom stereocenters. The molecule has 2 aliphatic rings. The highest BCUT2D eigenvalue weighted by Crippen LogP contribution is 2.56. The Morgan fingerprint density at radius 1 is 0.203 bits per heavy atom. The Labute approximate surface area is 414 Å². The lowest BCUT2D eigenvalue weighted by atomic mass is 9.74. The molecule has 0 radical (unpaired) electrons. The molecule has 11 aromatic rings. The summed E-state index contributed by atoms with van der Waals surface area (Å²) in [5, 5.41) is 5.93. The summed E-state index contributed by atoms with van der Waals surface area (Å²) >= 11 is 3.87. The molecule has 0 N–H and O–H groups in total. The van der Waals surface area contributed by atoms with E-state index in [9.17, 15) is 0 Å². The van der Waals surface area contributed by atoms with Crippen molar-refractivity contribution >= 4 is 52.3 Å². The van der Waals surface area contributed by atoms with Crippen LogP contribution in [0.2, 0.25) is 0 Å². The van der Waals surface area contributed by atoms with Gasteiger partial charge in [0, 0.05) is 19.6 Å². The van der Waals surface area contributed by atoms with Crippen LogP contribution >= 0.6 is 23.5 Å². The maximum Gasteiger partial charge on any atom is 0.184 e. The minimum atomic E-state index is -2.72. The monoisotopic (exact) mass is 928 g/mol. The van der Waals surface area contributed by atoms with E-state index in [2.05, 4.69) is 267 Å². The number of benzene rings is 11. The van der Waals surface area contributed by atoms with Crippen LogP contribution in [0.15, 0.2) is 287 Å². The van der Waals surface area contributed by atoms with E-state index >= 15 is 0 Å². The highest BCUT2D eigenvalue weighted by molar-refractivity contribution is 8.01. The Morgan fingerprint density at radius 3 is 0.841 bits per heavy atom. The maximum atomic E-state index is 2.45. The molecule has 13 rings (SSSR count). The van der Waals surface area contributed by atoms with Crippen molar-refractivity contribution in [2.24, 2.45) is 0 Å². The number of hydrogen-bond donors (Lipinski definition) is 0. The van der Waals surface area contributed by atoms with Crippen molar-refractivity contribution in [2.45, 2.75) is 19.6 Å². The Morgan fingerprint density at radius 2 is 0.478 bits per heavy atom. The maximum absolute atomic E-state index is 2.72. The summed E-state index contributed by atoms with van der Waals surface area (Å²) in [4.78, 5) is 5.47. The first-order valence-electron chi connectivity index (χ1n) is 23.7. The number of hydrogen-bond acceptors (Lipinski definition) is 2. The molecule has 2 heterocycles. The molecule has 1 spiro atoms. The van der Waals surface area contributed by atoms with Crippen molar-refractivity contribution in [1.29, 1.82) is 0 Å². The third-order valence-electron chi connectivity index (χ3n) is 14.0. The van der Waals surface area contributed by atoms with Gasteiger partial charge in [-0.25, -0.2) is 0 Å². The van der Waals surface area contributed by atoms with Crippen molar-refractivity contribution in [3.63, 3.8) is 0 Å². The molecule has 0 aromatic heterocycles. The average molecular weight is 929 g/mol. The number of rotatable bonds is 7. The quantitative estimate of drug-likeness (QED) is 0.146. The molecule has 0 saturated heterocycles. The van der Waals surface area contributed by atoms with Gasteiger partial charge in [-0.15, -0.1) is 0 Å². The summed E-state index contributed by atoms with van der Waals surface area (Å²) in [5.74, 6) is 0. The van der Waals surface area contributed by atoms with Crippen molar-refractivity contribution in [2.75, 3.05) is 0 Å². The summed E-state index contributed by atoms with van der Waals surface area (Å²) in [6, 6.07) is 99.6. The Balaban J connectivity index is 1.10. The van der Waals surface area contributed by atoms with E-state index in [-0.39, 0.29) is 0 Å². The lowest BCUT2D eigenvalue weighted by molar-refractivity contribution is 1.37. The van der Waals surface area contributed by atoms with Crippen LogP contribution in [0.5, 0.6) is 0 Å². The molecular weight excluding hydrogens is 885 g/mol. The van der Waals surface area contributed by atoms with Crippen molar-refractivity contribution in [3.05, 3.63) is 267 Å². The van der Waals surface area contributed by atoms with Crippen molar-refractivity contribution < 1.29 is 0 Å². The van der Waals surface area contributed by atoms with Gasteiger partial charge < -0.3 is 0 Å². The minimum absolute atomic E-state index is 1.17. The van der Waals surface area contributed by atoms with Crippen LogP contribution in [-0.2, 0) is 0 Å². The van der Waals surface area contributed by atoms with Crippen LogP contribution in [0.4, 0.5) is 0 Å². The topological polar surface area (TPSA) is 0 Å². The van der Waals surface area contributed by atoms with E-state index in [0.717, 1.165) is 0 Å². The average Bonchev–Trinajstić information content (AvgIpc) is 3.43. The van der Waals surface area contributed by atoms with Crippen molar-refractivity contribution in [3.8, 4) is 77.9 Å². The van der Waals surface area contributed by atoms with Crippen molar-refractivity contribution in [1.82, 2.24) is 0 Å². The molecule has 0 bridgehead atoms. The largest absolute Gasteiger partial charge is 0.184 e. The zero-order valence-corrected chi connectivity index (χ0v) is 40.4. The van der Waals surface area contributed by atoms with Crippen LogP contribution in [0.3, 0.4) is 0 Å². The summed E-state index contributed by atoms with van der Waals surface area (Å²) < 4.78 is 0. The molecule has 0 nitrogen and oxygen atoms in total. The Hall–Kier alpha value is -7.66. The van der Waals surface area contributed by atoms with E-state index in [4.69, 9.17) is 0 Å². The van der Waals surface area contributed by atoms with Gasteiger partial charge in [0.15, 0.2) is 8.07 Å². The van der Waals surface area contributed by atoms with E-state index in [0.29, 0.717) is 0 Å². The Kier molecular flexibility index (Phi) is 10.5. The lowest BCUT2D eigenvalue weighted by Crippen LogP contribution is -2.78. The van der Waals surface area contributed by atoms with Gasteiger partial charge in [-0.1, -0.05) is 272 Å². The third-order valence-corrected chi connectivity index (χ3v) is 22.1. The SMILES string of the molecule is c1ccc(-c2c(-c3ccccc3)c(-c3ccccc3)c(-c3ccc(-c4cccc5c4Sc4ccccc4[Si]54c5ccccc5Sc5ccccc54)cc3)c(-c3ccccc3)c2-c2ccccc2)cc1. The lowest BCUT2D eigenvalue weighted by Gasteiger charge is -2.44. The smallest absolute Gasteiger partial charge is 0.0903 e. The van der Waals surface area contributed by atoms with Gasteiger partial charge in [0.25, 0.3) is 0 Å². The van der Waals surface area contributed by atoms with Crippen LogP contribution in [0.1, 0.15) is 0 Å². The summed E-state index contributed by atoms with van der Waals surface area (Å²) in [5.41, 5.74) is 16.9. The van der Waals surface area contributed by atoms with Gasteiger partial charge in [-0.3, -0.25) is 0 Å². The highest BCUT2D eigenvalue weighted by atomic mass is 32.2. The molecule has 3 heteroatoms. The fourth-order valence-electron chi connectivity index (χ4n) is 11.2. The molecule has 11 aromatic carbocycles. The van der Waals surface area contributed by atoms with Gasteiger partial charge in [-0.2, -0.15) is 0 Å². The predicted octanol–water partition coefficient (Wildman–Crippen LogP) is 15.7. The zero-order chi connectivity index (χ0) is 45.7. The molecule has 0 fully saturated rings. The first-order chi connectivity index (χ1) is 34.3. The summed E-state index contributed by atoms with van der Waals surface area (Å²) in [6.45, 7) is 0. The van der Waals surface area contributed by atoms with Gasteiger partial charge in [-0.05, 0) is 117 Å². The second-order valence-electron chi connectivity index (χ2n) is 17.8. The molecule has 0 aliphatic carbocycles. The minimum Gasteiger partial charge on any atom is -0.0903 e. The molecule has 0 unspecified atom stereocenters. The van der Waals surface area contributed by atoms with Crippen LogP contribution in [0.25, 0.3) is 77.9 Å². The van der Waals surface area contributed by atoms with E-state index < -0.39 is 8.07 Å². The normalized spacial score (nSPS) is 12.9. The first-order valence-corrected chi connectivity index (χ1v) is 27.3. The Bertz CT molecular complexity index is 3520. The van der Waals surface area contributed by atoms with Gasteiger partial charge in [0.2, 0.25) is 0 Å². The number of fused-ring (bicyclic) bond motifs is 8. The van der Waals surface area contributed by atoms with Crippen LogP contribution in [0, 0.1) is 0 Å². The van der Waals surface area contributed by atoms with Gasteiger partial charge in [0.1, 0.15) is 0 Å². The first kappa shape index (κ1) is 41.5. The van der Waals surface area contributed by atoms with Crippen LogP contribution in [-0.4, -0.2) is 8.07 Å². The summed E-state index contributed by atoms with van der Waals surface area (Å²) in [6.07, 6.45) is 0. The molecule has 0 saturated carbocycles. The molecule has 69 heavy (non-hydrogen) atoms. The van der Waals surface area contributed by atoms with E-state index in [1.165, 1.54) is 118 Å². The summed E-state index contributed by atoms with van der Waals surface area (Å²) in [7, 11) is -2.72. The van der Waals surface area contributed by atoms with Crippen LogP contribution < -0.4 is 20.7 Å². The predicted molar refractivity (Wildman–Crippen MR) is 296 cm³/mol. The molecule has 324 valence electrons. The second-order valence-corrected chi connectivity index (χ2v) is 23.6. The van der Waals surface area contributed by atoms with E-state index in [1.807, 2.05) is 23.5 Å². The van der Waals surface area contributed by atoms with Gasteiger partial charge in [0.05, 0.1) is 0 Å². The third kappa shape index (κ3) is 6.83. The molecule has 0 amide bonds. The zero-order valence-electron chi connectivity index (χ0n) is 37.7. The standard InChI is InChI=1S/C66H44S2Si/c1-6-23-46(24-7-1)60-61(47-25-8-2-9-26-47)63(49-29-12-4-13-30-49)65(64(50-31-14-5-15-32-50)62(60)48-27-10-3-11-28-48)51-43-41-45(42-44-51)52-33-22-40-59-66(52)68-55-36-18-21-39-58(55)69(59)56-37-19-16-34-53(56)67-54-35-17-20-38-57(54)69/h1-44H. The molecular formula is C66H44S2Si. The second kappa shape index (κ2) is 17.4.